The molecule has 0 N–H and O–H groups in total. The van der Waals surface area contributed by atoms with Gasteiger partial charge in [-0.2, -0.15) is 0 Å². The number of fused-ring (bicyclic) bond motifs is 8. The Morgan fingerprint density at radius 2 is 0.766 bits per heavy atom. The average Bonchev–Trinajstić information content (AvgIpc) is 3.53. The molecule has 1 nitrogen and oxygen atoms in total. The van der Waals surface area contributed by atoms with Crippen LogP contribution in [0.5, 0.6) is 0 Å². The van der Waals surface area contributed by atoms with Crippen LogP contribution in [-0.4, -0.2) is 0 Å². The van der Waals surface area contributed by atoms with Crippen molar-refractivity contribution < 1.29 is 4.42 Å². The molecule has 10 aromatic rings. The van der Waals surface area contributed by atoms with Gasteiger partial charge in [-0.25, -0.2) is 0 Å². The van der Waals surface area contributed by atoms with Crippen LogP contribution in [0.1, 0.15) is 0 Å². The van der Waals surface area contributed by atoms with E-state index >= 15 is 0 Å². The van der Waals surface area contributed by atoms with E-state index in [1.54, 1.807) is 0 Å². The summed E-state index contributed by atoms with van der Waals surface area (Å²) in [6.07, 6.45) is 0. The van der Waals surface area contributed by atoms with Crippen LogP contribution in [0.2, 0.25) is 0 Å². The minimum Gasteiger partial charge on any atom is -0.455 e. The van der Waals surface area contributed by atoms with E-state index in [1.807, 2.05) is 0 Å². The van der Waals surface area contributed by atoms with Crippen molar-refractivity contribution in [3.05, 3.63) is 170 Å². The number of rotatable bonds is 3. The maximum absolute atomic E-state index is 6.66. The van der Waals surface area contributed by atoms with Gasteiger partial charge in [-0.05, 0) is 77.7 Å². The molecule has 1 heterocycles. The van der Waals surface area contributed by atoms with Crippen molar-refractivity contribution in [2.45, 2.75) is 0 Å². The minimum absolute atomic E-state index is 0.933. The lowest BCUT2D eigenvalue weighted by atomic mass is 9.85. The molecule has 0 fully saturated rings. The molecule has 47 heavy (non-hydrogen) atoms. The Morgan fingerprint density at radius 1 is 0.277 bits per heavy atom. The van der Waals surface area contributed by atoms with Crippen molar-refractivity contribution in [3.63, 3.8) is 0 Å². The molecule has 9 aromatic carbocycles. The summed E-state index contributed by atoms with van der Waals surface area (Å²) in [5.41, 5.74) is 9.12. The van der Waals surface area contributed by atoms with Gasteiger partial charge in [-0.15, -0.1) is 0 Å². The number of para-hydroxylation sites is 1. The van der Waals surface area contributed by atoms with Gasteiger partial charge in [0.2, 0.25) is 0 Å². The van der Waals surface area contributed by atoms with Crippen molar-refractivity contribution >= 4 is 65.0 Å². The molecule has 0 saturated heterocycles. The lowest BCUT2D eigenvalue weighted by Crippen LogP contribution is -1.91. The summed E-state index contributed by atoms with van der Waals surface area (Å²) in [5, 5.41) is 12.2. The van der Waals surface area contributed by atoms with E-state index in [0.717, 1.165) is 38.5 Å². The van der Waals surface area contributed by atoms with Gasteiger partial charge < -0.3 is 4.42 Å². The molecule has 1 heteroatoms. The first-order valence-electron chi connectivity index (χ1n) is 16.2. The van der Waals surface area contributed by atoms with Gasteiger partial charge in [0.25, 0.3) is 0 Å². The highest BCUT2D eigenvalue weighted by atomic mass is 16.3. The van der Waals surface area contributed by atoms with Crippen molar-refractivity contribution in [3.8, 4) is 33.4 Å². The summed E-state index contributed by atoms with van der Waals surface area (Å²) < 4.78 is 6.66. The molecule has 0 amide bonds. The molecule has 0 bridgehead atoms. The van der Waals surface area contributed by atoms with Gasteiger partial charge in [0.05, 0.1) is 0 Å². The van der Waals surface area contributed by atoms with Crippen molar-refractivity contribution in [1.82, 2.24) is 0 Å². The van der Waals surface area contributed by atoms with Gasteiger partial charge >= 0.3 is 0 Å². The Bertz CT molecular complexity index is 2780. The van der Waals surface area contributed by atoms with E-state index in [4.69, 9.17) is 4.42 Å². The fourth-order valence-corrected chi connectivity index (χ4v) is 7.67. The van der Waals surface area contributed by atoms with Gasteiger partial charge in [-0.1, -0.05) is 158 Å². The smallest absolute Gasteiger partial charge is 0.143 e. The Hall–Kier alpha value is -6.18. The second kappa shape index (κ2) is 10.2. The molecule has 0 atom stereocenters. The molecule has 0 radical (unpaired) electrons. The van der Waals surface area contributed by atoms with Crippen molar-refractivity contribution in [2.24, 2.45) is 0 Å². The van der Waals surface area contributed by atoms with Crippen molar-refractivity contribution in [1.29, 1.82) is 0 Å². The quantitative estimate of drug-likeness (QED) is 0.185. The van der Waals surface area contributed by atoms with Gasteiger partial charge in [0.15, 0.2) is 0 Å². The third kappa shape index (κ3) is 3.97. The predicted molar refractivity (Wildman–Crippen MR) is 200 cm³/mol. The van der Waals surface area contributed by atoms with Crippen molar-refractivity contribution in [2.75, 3.05) is 0 Å². The maximum atomic E-state index is 6.66. The Morgan fingerprint density at radius 3 is 1.47 bits per heavy atom. The van der Waals surface area contributed by atoms with E-state index in [2.05, 4.69) is 170 Å². The van der Waals surface area contributed by atoms with Gasteiger partial charge in [0, 0.05) is 21.7 Å². The molecule has 0 aliphatic carbocycles. The molecule has 1 aromatic heterocycles. The zero-order valence-electron chi connectivity index (χ0n) is 25.6. The lowest BCUT2D eigenvalue weighted by molar-refractivity contribution is 0.674. The highest BCUT2D eigenvalue weighted by Gasteiger charge is 2.18. The number of hydrogen-bond donors (Lipinski definition) is 0. The third-order valence-corrected chi connectivity index (χ3v) is 9.84. The minimum atomic E-state index is 0.933. The molecular formula is C46H28O. The Kier molecular flexibility index (Phi) is 5.64. The molecule has 0 aliphatic heterocycles. The normalized spacial score (nSPS) is 11.8. The fraction of sp³-hybridized carbons (Fsp3) is 0. The second-order valence-corrected chi connectivity index (χ2v) is 12.4. The molecule has 218 valence electrons. The van der Waals surface area contributed by atoms with E-state index < -0.39 is 0 Å². The van der Waals surface area contributed by atoms with Gasteiger partial charge in [-0.3, -0.25) is 0 Å². The summed E-state index contributed by atoms with van der Waals surface area (Å²) >= 11 is 0. The van der Waals surface area contributed by atoms with Crippen LogP contribution in [0, 0.1) is 0 Å². The highest BCUT2D eigenvalue weighted by Crippen LogP contribution is 2.45. The molecule has 0 spiro atoms. The molecule has 0 aliphatic rings. The SMILES string of the molecule is c1ccc2cc(-c3c4ccccc4c(-c4ccc(-c5cccc6c5oc5c7ccccc7ccc65)cc4)c4ccccc34)ccc2c1. The van der Waals surface area contributed by atoms with E-state index in [9.17, 15) is 0 Å². The highest BCUT2D eigenvalue weighted by molar-refractivity contribution is 6.22. The zero-order valence-corrected chi connectivity index (χ0v) is 25.6. The largest absolute Gasteiger partial charge is 0.455 e. The summed E-state index contributed by atoms with van der Waals surface area (Å²) in [5.74, 6) is 0. The zero-order chi connectivity index (χ0) is 30.9. The topological polar surface area (TPSA) is 13.1 Å². The fourth-order valence-electron chi connectivity index (χ4n) is 7.67. The van der Waals surface area contributed by atoms with E-state index in [1.165, 1.54) is 60.0 Å². The monoisotopic (exact) mass is 596 g/mol. The number of furan rings is 1. The molecular weight excluding hydrogens is 569 g/mol. The van der Waals surface area contributed by atoms with Crippen LogP contribution < -0.4 is 0 Å². The summed E-state index contributed by atoms with van der Waals surface area (Å²) in [7, 11) is 0. The average molecular weight is 597 g/mol. The molecule has 10 rings (SSSR count). The Balaban J connectivity index is 1.16. The van der Waals surface area contributed by atoms with Crippen LogP contribution in [0.15, 0.2) is 174 Å². The standard InChI is InChI=1S/C46H28O/c1-2-12-33-28-34(25-20-29(33)10-1)44-39-16-7-5-14-37(39)43(38-15-6-8-17-40(38)44)32-23-21-31(22-24-32)36-18-9-19-41-42-27-26-30-11-3-4-13-35(30)46(42)47-45(36)41/h1-28H. The van der Waals surface area contributed by atoms with Crippen LogP contribution in [0.25, 0.3) is 98.4 Å². The summed E-state index contributed by atoms with van der Waals surface area (Å²) in [6.45, 7) is 0. The summed E-state index contributed by atoms with van der Waals surface area (Å²) in [4.78, 5) is 0. The van der Waals surface area contributed by atoms with E-state index in [-0.39, 0.29) is 0 Å². The van der Waals surface area contributed by atoms with Crippen LogP contribution in [0.3, 0.4) is 0 Å². The first kappa shape index (κ1) is 26.1. The van der Waals surface area contributed by atoms with E-state index in [0.29, 0.717) is 0 Å². The number of hydrogen-bond acceptors (Lipinski definition) is 1. The van der Waals surface area contributed by atoms with Crippen LogP contribution >= 0.6 is 0 Å². The van der Waals surface area contributed by atoms with Crippen LogP contribution in [-0.2, 0) is 0 Å². The first-order chi connectivity index (χ1) is 23.3. The molecule has 0 saturated carbocycles. The first-order valence-corrected chi connectivity index (χ1v) is 16.2. The van der Waals surface area contributed by atoms with Gasteiger partial charge in [0.1, 0.15) is 11.2 Å². The maximum Gasteiger partial charge on any atom is 0.143 e. The lowest BCUT2D eigenvalue weighted by Gasteiger charge is -2.18. The number of benzene rings is 9. The Labute approximate surface area is 271 Å². The second-order valence-electron chi connectivity index (χ2n) is 12.4. The van der Waals surface area contributed by atoms with Crippen LogP contribution in [0.4, 0.5) is 0 Å². The molecule has 0 unspecified atom stereocenters. The predicted octanol–water partition coefficient (Wildman–Crippen LogP) is 13.2. The summed E-state index contributed by atoms with van der Waals surface area (Å²) in [6, 6.07) is 61.5. The third-order valence-electron chi connectivity index (χ3n) is 9.84.